The number of hydrogen-bond acceptors (Lipinski definition) is 2. The van der Waals surface area contributed by atoms with Crippen molar-refractivity contribution in [3.8, 4) is 11.3 Å². The lowest BCUT2D eigenvalue weighted by atomic mass is 10.0. The maximum Gasteiger partial charge on any atom is 0.338 e. The summed E-state index contributed by atoms with van der Waals surface area (Å²) in [7, 11) is 0. The number of H-pyrrole nitrogens is 1. The predicted octanol–water partition coefficient (Wildman–Crippen LogP) is 4.57. The number of carbonyl (C=O) groups excluding carboxylic acids is 1. The van der Waals surface area contributed by atoms with Crippen molar-refractivity contribution in [2.75, 3.05) is 6.61 Å². The molecule has 0 bridgehead atoms. The number of carbonyl (C=O) groups is 1. The van der Waals surface area contributed by atoms with Crippen molar-refractivity contribution in [1.82, 2.24) is 4.98 Å². The van der Waals surface area contributed by atoms with Crippen molar-refractivity contribution in [3.63, 3.8) is 0 Å². The summed E-state index contributed by atoms with van der Waals surface area (Å²) in [4.78, 5) is 15.6. The standard InChI is InChI=1S/C18H14ClNO2/c1-2-22-18(21)12-5-3-4-11-13(12)9-15-14-8-10(19)6-7-16(14)20-17(11)15/h3-8,20H,2,9H2,1H3. The van der Waals surface area contributed by atoms with Gasteiger partial charge in [-0.3, -0.25) is 0 Å². The second-order valence-corrected chi connectivity index (χ2v) is 5.83. The minimum absolute atomic E-state index is 0.258. The number of halogens is 1. The Hall–Kier alpha value is -2.26. The van der Waals surface area contributed by atoms with Gasteiger partial charge in [-0.15, -0.1) is 0 Å². The normalized spacial score (nSPS) is 12.3. The Bertz CT molecular complexity index is 911. The van der Waals surface area contributed by atoms with E-state index in [1.165, 1.54) is 5.56 Å². The smallest absolute Gasteiger partial charge is 0.338 e. The maximum atomic E-state index is 12.1. The van der Waals surface area contributed by atoms with Crippen LogP contribution >= 0.6 is 11.6 Å². The fourth-order valence-corrected chi connectivity index (χ4v) is 3.39. The average molecular weight is 312 g/mol. The third-order valence-electron chi connectivity index (χ3n) is 4.16. The fraction of sp³-hybridized carbons (Fsp3) is 0.167. The van der Waals surface area contributed by atoms with E-state index in [-0.39, 0.29) is 5.97 Å². The van der Waals surface area contributed by atoms with Crippen LogP contribution < -0.4 is 0 Å². The third-order valence-corrected chi connectivity index (χ3v) is 4.40. The van der Waals surface area contributed by atoms with Gasteiger partial charge in [0.15, 0.2) is 0 Å². The maximum absolute atomic E-state index is 12.1. The van der Waals surface area contributed by atoms with E-state index in [2.05, 4.69) is 4.98 Å². The molecule has 4 rings (SSSR count). The Morgan fingerprint density at radius 2 is 2.14 bits per heavy atom. The van der Waals surface area contributed by atoms with Gasteiger partial charge in [-0.1, -0.05) is 23.7 Å². The Kier molecular flexibility index (Phi) is 2.98. The summed E-state index contributed by atoms with van der Waals surface area (Å²) in [5.74, 6) is -0.258. The monoisotopic (exact) mass is 311 g/mol. The number of ether oxygens (including phenoxy) is 1. The molecule has 0 unspecified atom stereocenters. The molecular weight excluding hydrogens is 298 g/mol. The summed E-state index contributed by atoms with van der Waals surface area (Å²) >= 11 is 6.12. The molecule has 0 saturated heterocycles. The molecule has 4 heteroatoms. The highest BCUT2D eigenvalue weighted by Gasteiger charge is 2.27. The largest absolute Gasteiger partial charge is 0.462 e. The molecule has 0 radical (unpaired) electrons. The summed E-state index contributed by atoms with van der Waals surface area (Å²) < 4.78 is 5.16. The first-order valence-corrected chi connectivity index (χ1v) is 7.66. The molecule has 22 heavy (non-hydrogen) atoms. The first-order valence-electron chi connectivity index (χ1n) is 7.28. The van der Waals surface area contributed by atoms with Gasteiger partial charge in [0, 0.05) is 27.9 Å². The van der Waals surface area contributed by atoms with Crippen LogP contribution in [0.3, 0.4) is 0 Å². The van der Waals surface area contributed by atoms with Crippen LogP contribution in [0, 0.1) is 0 Å². The molecule has 3 nitrogen and oxygen atoms in total. The number of nitrogens with one attached hydrogen (secondary N) is 1. The molecule has 0 saturated carbocycles. The second kappa shape index (κ2) is 4.89. The van der Waals surface area contributed by atoms with E-state index in [9.17, 15) is 4.79 Å². The summed E-state index contributed by atoms with van der Waals surface area (Å²) in [6, 6.07) is 11.6. The van der Waals surface area contributed by atoms with E-state index in [1.54, 1.807) is 0 Å². The van der Waals surface area contributed by atoms with Crippen LogP contribution in [0.15, 0.2) is 36.4 Å². The Labute approximate surface area is 132 Å². The molecule has 3 aromatic rings. The van der Waals surface area contributed by atoms with Gasteiger partial charge in [0.25, 0.3) is 0 Å². The molecule has 1 heterocycles. The zero-order chi connectivity index (χ0) is 15.3. The van der Waals surface area contributed by atoms with Crippen molar-refractivity contribution < 1.29 is 9.53 Å². The van der Waals surface area contributed by atoms with Crippen LogP contribution in [0.25, 0.3) is 22.2 Å². The van der Waals surface area contributed by atoms with Crippen molar-refractivity contribution in [3.05, 3.63) is 58.1 Å². The summed E-state index contributed by atoms with van der Waals surface area (Å²) in [6.07, 6.45) is 0.722. The van der Waals surface area contributed by atoms with Crippen LogP contribution in [0.4, 0.5) is 0 Å². The van der Waals surface area contributed by atoms with E-state index in [0.717, 1.165) is 39.2 Å². The van der Waals surface area contributed by atoms with E-state index >= 15 is 0 Å². The van der Waals surface area contributed by atoms with E-state index in [1.807, 2.05) is 43.3 Å². The lowest BCUT2D eigenvalue weighted by Gasteiger charge is -2.08. The third kappa shape index (κ3) is 1.86. The first kappa shape index (κ1) is 13.4. The van der Waals surface area contributed by atoms with Gasteiger partial charge >= 0.3 is 5.97 Å². The van der Waals surface area contributed by atoms with E-state index < -0.39 is 0 Å². The van der Waals surface area contributed by atoms with E-state index in [4.69, 9.17) is 16.3 Å². The minimum Gasteiger partial charge on any atom is -0.462 e. The topological polar surface area (TPSA) is 42.1 Å². The molecular formula is C18H14ClNO2. The van der Waals surface area contributed by atoms with Crippen LogP contribution in [0.1, 0.15) is 28.4 Å². The number of benzene rings is 2. The highest BCUT2D eigenvalue weighted by atomic mass is 35.5. The van der Waals surface area contributed by atoms with Crippen LogP contribution in [0.2, 0.25) is 5.02 Å². The van der Waals surface area contributed by atoms with Crippen molar-refractivity contribution >= 4 is 28.5 Å². The molecule has 110 valence electrons. The summed E-state index contributed by atoms with van der Waals surface area (Å²) in [6.45, 7) is 2.20. The molecule has 2 aromatic carbocycles. The van der Waals surface area contributed by atoms with Crippen LogP contribution in [-0.4, -0.2) is 17.6 Å². The molecule has 1 aromatic heterocycles. The number of rotatable bonds is 2. The van der Waals surface area contributed by atoms with Crippen molar-refractivity contribution in [1.29, 1.82) is 0 Å². The Balaban J connectivity index is 1.90. The Morgan fingerprint density at radius 3 is 2.95 bits per heavy atom. The number of aromatic amines is 1. The average Bonchev–Trinajstić information content (AvgIpc) is 3.03. The van der Waals surface area contributed by atoms with Crippen molar-refractivity contribution in [2.45, 2.75) is 13.3 Å². The van der Waals surface area contributed by atoms with Crippen LogP contribution in [0.5, 0.6) is 0 Å². The molecule has 1 N–H and O–H groups in total. The van der Waals surface area contributed by atoms with Gasteiger partial charge in [-0.2, -0.15) is 0 Å². The molecule has 1 aliphatic rings. The Morgan fingerprint density at radius 1 is 1.27 bits per heavy atom. The quantitative estimate of drug-likeness (QED) is 0.551. The predicted molar refractivity (Wildman–Crippen MR) is 87.5 cm³/mol. The SMILES string of the molecule is CCOC(=O)c1cccc2c1Cc1c-2[nH]c2ccc(Cl)cc12. The number of hydrogen-bond donors (Lipinski definition) is 1. The minimum atomic E-state index is -0.258. The number of esters is 1. The molecule has 1 aliphatic carbocycles. The lowest BCUT2D eigenvalue weighted by molar-refractivity contribution is 0.0525. The van der Waals surface area contributed by atoms with Gasteiger partial charge in [-0.25, -0.2) is 4.79 Å². The van der Waals surface area contributed by atoms with Crippen LogP contribution in [-0.2, 0) is 11.2 Å². The van der Waals surface area contributed by atoms with Gasteiger partial charge in [-0.05, 0) is 42.3 Å². The zero-order valence-electron chi connectivity index (χ0n) is 12.1. The lowest BCUT2D eigenvalue weighted by Crippen LogP contribution is -2.07. The second-order valence-electron chi connectivity index (χ2n) is 5.40. The molecule has 0 spiro atoms. The molecule has 0 aliphatic heterocycles. The summed E-state index contributed by atoms with van der Waals surface area (Å²) in [5, 5.41) is 1.84. The molecule has 0 atom stereocenters. The highest BCUT2D eigenvalue weighted by molar-refractivity contribution is 6.31. The fourth-order valence-electron chi connectivity index (χ4n) is 3.22. The van der Waals surface area contributed by atoms with Crippen molar-refractivity contribution in [2.24, 2.45) is 0 Å². The first-order chi connectivity index (χ1) is 10.7. The van der Waals surface area contributed by atoms with Gasteiger partial charge in [0.05, 0.1) is 17.9 Å². The molecule has 0 fully saturated rings. The number of fused-ring (bicyclic) bond motifs is 5. The number of aromatic nitrogens is 1. The molecule has 0 amide bonds. The van der Waals surface area contributed by atoms with E-state index in [0.29, 0.717) is 12.2 Å². The van der Waals surface area contributed by atoms with Gasteiger partial charge < -0.3 is 9.72 Å². The van der Waals surface area contributed by atoms with Gasteiger partial charge in [0.2, 0.25) is 0 Å². The van der Waals surface area contributed by atoms with Gasteiger partial charge in [0.1, 0.15) is 0 Å². The summed E-state index contributed by atoms with van der Waals surface area (Å²) in [5.41, 5.74) is 6.11. The zero-order valence-corrected chi connectivity index (χ0v) is 12.8. The highest BCUT2D eigenvalue weighted by Crippen LogP contribution is 2.42.